The van der Waals surface area contributed by atoms with E-state index in [2.05, 4.69) is 15.3 Å². The molecule has 0 aromatic carbocycles. The molecule has 4 heterocycles. The molecule has 0 spiro atoms. The summed E-state index contributed by atoms with van der Waals surface area (Å²) >= 11 is 0. The maximum Gasteiger partial charge on any atom is 0.407 e. The van der Waals surface area contributed by atoms with Crippen LogP contribution in [-0.4, -0.2) is 54.8 Å². The summed E-state index contributed by atoms with van der Waals surface area (Å²) < 4.78 is 2.04. The Kier molecular flexibility index (Phi) is 4.62. The first kappa shape index (κ1) is 17.3. The molecule has 140 valence electrons. The molecule has 1 aliphatic rings. The van der Waals surface area contributed by atoms with Crippen LogP contribution in [0.3, 0.4) is 0 Å². The molecule has 3 aromatic rings. The number of rotatable bonds is 4. The van der Waals surface area contributed by atoms with Crippen LogP contribution in [0.25, 0.3) is 11.2 Å². The Morgan fingerprint density at radius 3 is 2.78 bits per heavy atom. The molecule has 1 amide bonds. The van der Waals surface area contributed by atoms with Crippen LogP contribution < -0.4 is 5.32 Å². The van der Waals surface area contributed by atoms with E-state index in [9.17, 15) is 4.79 Å². The molecule has 1 aliphatic heterocycles. The fourth-order valence-corrected chi connectivity index (χ4v) is 3.47. The van der Waals surface area contributed by atoms with Crippen LogP contribution in [0.15, 0.2) is 36.5 Å². The van der Waals surface area contributed by atoms with Gasteiger partial charge in [0.05, 0.1) is 12.2 Å². The van der Waals surface area contributed by atoms with Crippen molar-refractivity contribution in [2.45, 2.75) is 32.4 Å². The predicted molar refractivity (Wildman–Crippen MR) is 102 cm³/mol. The number of hydrogen-bond acceptors (Lipinski definition) is 5. The van der Waals surface area contributed by atoms with Crippen molar-refractivity contribution in [3.8, 4) is 0 Å². The van der Waals surface area contributed by atoms with Crippen molar-refractivity contribution in [3.63, 3.8) is 0 Å². The van der Waals surface area contributed by atoms with Gasteiger partial charge in [-0.3, -0.25) is 9.55 Å². The van der Waals surface area contributed by atoms with Gasteiger partial charge in [0.15, 0.2) is 5.65 Å². The lowest BCUT2D eigenvalue weighted by Gasteiger charge is -2.30. The zero-order valence-electron chi connectivity index (χ0n) is 15.2. The number of carboxylic acid groups (broad SMARTS) is 1. The maximum atomic E-state index is 11.1. The van der Waals surface area contributed by atoms with E-state index in [1.54, 1.807) is 6.20 Å². The van der Waals surface area contributed by atoms with Gasteiger partial charge in [0.25, 0.3) is 0 Å². The van der Waals surface area contributed by atoms with Gasteiger partial charge in [-0.05, 0) is 44.0 Å². The number of anilines is 1. The van der Waals surface area contributed by atoms with Crippen molar-refractivity contribution in [2.75, 3.05) is 18.4 Å². The summed E-state index contributed by atoms with van der Waals surface area (Å²) in [6.07, 6.45) is 2.42. The Bertz CT molecular complexity index is 962. The van der Waals surface area contributed by atoms with E-state index in [1.807, 2.05) is 41.8 Å². The van der Waals surface area contributed by atoms with E-state index in [-0.39, 0.29) is 6.04 Å². The van der Waals surface area contributed by atoms with Crippen molar-refractivity contribution in [2.24, 2.45) is 0 Å². The second kappa shape index (κ2) is 7.22. The first-order valence-corrected chi connectivity index (χ1v) is 9.08. The van der Waals surface area contributed by atoms with Gasteiger partial charge in [0.2, 0.25) is 5.95 Å². The van der Waals surface area contributed by atoms with E-state index in [1.165, 1.54) is 4.90 Å². The smallest absolute Gasteiger partial charge is 0.407 e. The van der Waals surface area contributed by atoms with Crippen molar-refractivity contribution < 1.29 is 9.90 Å². The van der Waals surface area contributed by atoms with Gasteiger partial charge in [-0.15, -0.1) is 0 Å². The number of nitrogens with one attached hydrogen (secondary N) is 1. The van der Waals surface area contributed by atoms with Gasteiger partial charge >= 0.3 is 6.09 Å². The van der Waals surface area contributed by atoms with Crippen LogP contribution in [-0.2, 0) is 6.54 Å². The third-order valence-corrected chi connectivity index (χ3v) is 4.87. The van der Waals surface area contributed by atoms with Crippen molar-refractivity contribution in [3.05, 3.63) is 47.9 Å². The topological polar surface area (TPSA) is 96.2 Å². The summed E-state index contributed by atoms with van der Waals surface area (Å²) in [6.45, 7) is 3.62. The molecule has 0 unspecified atom stereocenters. The Morgan fingerprint density at radius 2 is 2.04 bits per heavy atom. The Hall–Kier alpha value is -3.16. The number of likely N-dealkylation sites (tertiary alicyclic amines) is 1. The molecule has 0 bridgehead atoms. The Balaban J connectivity index is 1.59. The number of aromatic nitrogens is 4. The van der Waals surface area contributed by atoms with Crippen LogP contribution >= 0.6 is 0 Å². The minimum absolute atomic E-state index is 0.182. The molecule has 4 rings (SSSR count). The molecule has 1 fully saturated rings. The molecule has 2 N–H and O–H groups in total. The molecule has 27 heavy (non-hydrogen) atoms. The number of carbonyl (C=O) groups is 1. The number of imidazole rings is 1. The zero-order valence-corrected chi connectivity index (χ0v) is 15.2. The highest BCUT2D eigenvalue weighted by Gasteiger charge is 2.24. The lowest BCUT2D eigenvalue weighted by molar-refractivity contribution is 0.133. The summed E-state index contributed by atoms with van der Waals surface area (Å²) in [5.41, 5.74) is 3.56. The SMILES string of the molecule is Cc1cccc(Cn2c(NC3CCN(C(=O)O)CC3)nc3cccnc32)n1. The molecule has 1 saturated heterocycles. The van der Waals surface area contributed by atoms with Crippen molar-refractivity contribution in [1.82, 2.24) is 24.4 Å². The third kappa shape index (κ3) is 3.69. The molecule has 8 nitrogen and oxygen atoms in total. The highest BCUT2D eigenvalue weighted by molar-refractivity contribution is 5.74. The molecule has 0 radical (unpaired) electrons. The van der Waals surface area contributed by atoms with Crippen LogP contribution in [0.4, 0.5) is 10.7 Å². The number of amides is 1. The van der Waals surface area contributed by atoms with Crippen LogP contribution in [0.5, 0.6) is 0 Å². The summed E-state index contributed by atoms with van der Waals surface area (Å²) in [5, 5.41) is 12.6. The molecular formula is C19H22N6O2. The van der Waals surface area contributed by atoms with E-state index in [0.29, 0.717) is 19.6 Å². The number of fused-ring (bicyclic) bond motifs is 1. The first-order valence-electron chi connectivity index (χ1n) is 9.08. The minimum atomic E-state index is -0.851. The van der Waals surface area contributed by atoms with Gasteiger partial charge in [0, 0.05) is 31.0 Å². The number of pyridine rings is 2. The predicted octanol–water partition coefficient (Wildman–Crippen LogP) is 2.74. The summed E-state index contributed by atoms with van der Waals surface area (Å²) in [4.78, 5) is 26.4. The van der Waals surface area contributed by atoms with Crippen molar-refractivity contribution in [1.29, 1.82) is 0 Å². The lowest BCUT2D eigenvalue weighted by Crippen LogP contribution is -2.42. The van der Waals surface area contributed by atoms with Crippen LogP contribution in [0, 0.1) is 6.92 Å². The molecule has 0 aliphatic carbocycles. The van der Waals surface area contributed by atoms with Gasteiger partial charge in [-0.25, -0.2) is 14.8 Å². The highest BCUT2D eigenvalue weighted by Crippen LogP contribution is 2.22. The largest absolute Gasteiger partial charge is 0.465 e. The third-order valence-electron chi connectivity index (χ3n) is 4.87. The Labute approximate surface area is 156 Å². The quantitative estimate of drug-likeness (QED) is 0.737. The number of aryl methyl sites for hydroxylation is 1. The van der Waals surface area contributed by atoms with Gasteiger partial charge < -0.3 is 15.3 Å². The van der Waals surface area contributed by atoms with Crippen LogP contribution in [0.2, 0.25) is 0 Å². The maximum absolute atomic E-state index is 11.1. The second-order valence-corrected chi connectivity index (χ2v) is 6.83. The molecule has 8 heteroatoms. The van der Waals surface area contributed by atoms with Gasteiger partial charge in [0.1, 0.15) is 5.52 Å². The highest BCUT2D eigenvalue weighted by atomic mass is 16.4. The number of piperidine rings is 1. The van der Waals surface area contributed by atoms with Crippen molar-refractivity contribution >= 4 is 23.2 Å². The minimum Gasteiger partial charge on any atom is -0.465 e. The fraction of sp³-hybridized carbons (Fsp3) is 0.368. The monoisotopic (exact) mass is 366 g/mol. The fourth-order valence-electron chi connectivity index (χ4n) is 3.47. The summed E-state index contributed by atoms with van der Waals surface area (Å²) in [6, 6.07) is 9.97. The Morgan fingerprint density at radius 1 is 1.22 bits per heavy atom. The van der Waals surface area contributed by atoms with E-state index in [0.717, 1.165) is 41.3 Å². The molecule has 0 saturated carbocycles. The van der Waals surface area contributed by atoms with E-state index < -0.39 is 6.09 Å². The number of hydrogen-bond donors (Lipinski definition) is 2. The van der Waals surface area contributed by atoms with Crippen LogP contribution in [0.1, 0.15) is 24.2 Å². The normalized spacial score (nSPS) is 15.2. The second-order valence-electron chi connectivity index (χ2n) is 6.83. The average Bonchev–Trinajstić information content (AvgIpc) is 2.99. The first-order chi connectivity index (χ1) is 13.1. The van der Waals surface area contributed by atoms with E-state index in [4.69, 9.17) is 10.1 Å². The van der Waals surface area contributed by atoms with Gasteiger partial charge in [-0.2, -0.15) is 0 Å². The molecule has 0 atom stereocenters. The molecule has 3 aromatic heterocycles. The average molecular weight is 366 g/mol. The summed E-state index contributed by atoms with van der Waals surface area (Å²) in [5.74, 6) is 0.751. The number of nitrogens with zero attached hydrogens (tertiary/aromatic N) is 5. The van der Waals surface area contributed by atoms with Gasteiger partial charge in [-0.1, -0.05) is 6.07 Å². The summed E-state index contributed by atoms with van der Waals surface area (Å²) in [7, 11) is 0. The zero-order chi connectivity index (χ0) is 18.8. The lowest BCUT2D eigenvalue weighted by atomic mass is 10.1. The standard InChI is InChI=1S/C19H22N6O2/c1-13-4-2-5-15(21-13)12-25-17-16(6-3-9-20-17)23-18(25)22-14-7-10-24(11-8-14)19(26)27/h2-6,9,14H,7-8,10-12H2,1H3,(H,22,23)(H,26,27). The molecular weight excluding hydrogens is 344 g/mol. The van der Waals surface area contributed by atoms with E-state index >= 15 is 0 Å².